The third-order valence-electron chi connectivity index (χ3n) is 3.69. The Labute approximate surface area is 107 Å². The number of amides is 1. The predicted molar refractivity (Wildman–Crippen MR) is 68.2 cm³/mol. The van der Waals surface area contributed by atoms with Gasteiger partial charge in [-0.05, 0) is 32.1 Å². The fraction of sp³-hybridized carbons (Fsp3) is 0.692. The van der Waals surface area contributed by atoms with Gasteiger partial charge in [0.15, 0.2) is 0 Å². The summed E-state index contributed by atoms with van der Waals surface area (Å²) in [6.45, 7) is 4.81. The van der Waals surface area contributed by atoms with Gasteiger partial charge >= 0.3 is 0 Å². The highest BCUT2D eigenvalue weighted by atomic mass is 16.3. The van der Waals surface area contributed by atoms with Gasteiger partial charge in [-0.15, -0.1) is 0 Å². The monoisotopic (exact) mass is 251 g/mol. The number of hydrogen-bond acceptors (Lipinski definition) is 3. The zero-order valence-corrected chi connectivity index (χ0v) is 11.0. The number of aromatic nitrogens is 2. The number of aryl methyl sites for hydroxylation is 1. The molecular weight excluding hydrogens is 230 g/mol. The minimum absolute atomic E-state index is 0.0667. The van der Waals surface area contributed by atoms with Crippen molar-refractivity contribution in [2.75, 3.05) is 0 Å². The summed E-state index contributed by atoms with van der Waals surface area (Å²) in [7, 11) is 0. The van der Waals surface area contributed by atoms with Gasteiger partial charge in [0.05, 0.1) is 17.9 Å². The summed E-state index contributed by atoms with van der Waals surface area (Å²) in [6.07, 6.45) is 5.67. The molecule has 2 rings (SSSR count). The maximum Gasteiger partial charge on any atom is 0.254 e. The zero-order valence-electron chi connectivity index (χ0n) is 11.0. The quantitative estimate of drug-likeness (QED) is 0.826. The van der Waals surface area contributed by atoms with E-state index in [1.54, 1.807) is 17.1 Å². The lowest BCUT2D eigenvalue weighted by atomic mass is 9.76. The number of hydrogen-bond donors (Lipinski definition) is 2. The Morgan fingerprint density at radius 2 is 2.33 bits per heavy atom. The molecule has 2 N–H and O–H groups in total. The normalized spacial score (nSPS) is 24.4. The molecule has 1 aliphatic rings. The van der Waals surface area contributed by atoms with Gasteiger partial charge in [-0.2, -0.15) is 5.10 Å². The Bertz CT molecular complexity index is 410. The summed E-state index contributed by atoms with van der Waals surface area (Å²) in [6, 6.07) is 0.158. The number of aliphatic hydroxyl groups is 1. The van der Waals surface area contributed by atoms with Crippen LogP contribution < -0.4 is 5.32 Å². The Morgan fingerprint density at radius 3 is 2.83 bits per heavy atom. The Balaban J connectivity index is 1.92. The highest BCUT2D eigenvalue weighted by Crippen LogP contribution is 2.31. The smallest absolute Gasteiger partial charge is 0.254 e. The molecule has 0 spiro atoms. The van der Waals surface area contributed by atoms with Crippen LogP contribution in [0.1, 0.15) is 43.5 Å². The summed E-state index contributed by atoms with van der Waals surface area (Å²) in [5.41, 5.74) is 0.607. The number of nitrogens with one attached hydrogen (secondary N) is 1. The summed E-state index contributed by atoms with van der Waals surface area (Å²) in [5, 5.41) is 16.5. The molecule has 1 amide bonds. The highest BCUT2D eigenvalue weighted by molar-refractivity contribution is 5.93. The molecule has 0 aliphatic heterocycles. The predicted octanol–water partition coefficient (Wildman–Crippen LogP) is 1.18. The molecule has 1 fully saturated rings. The topological polar surface area (TPSA) is 67.2 Å². The molecule has 5 nitrogen and oxygen atoms in total. The van der Waals surface area contributed by atoms with Gasteiger partial charge in [0, 0.05) is 18.8 Å². The minimum Gasteiger partial charge on any atom is -0.393 e. The molecule has 0 saturated heterocycles. The van der Waals surface area contributed by atoms with E-state index in [1.165, 1.54) is 0 Å². The van der Waals surface area contributed by atoms with E-state index in [1.807, 2.05) is 6.92 Å². The number of nitrogens with zero attached hydrogens (tertiary/aromatic N) is 2. The summed E-state index contributed by atoms with van der Waals surface area (Å²) < 4.78 is 1.74. The first-order valence-corrected chi connectivity index (χ1v) is 6.65. The zero-order chi connectivity index (χ0) is 13.1. The van der Waals surface area contributed by atoms with Crippen LogP contribution in [0.2, 0.25) is 0 Å². The number of carbonyl (C=O) groups is 1. The van der Waals surface area contributed by atoms with E-state index < -0.39 is 0 Å². The van der Waals surface area contributed by atoms with Crippen LogP contribution in [-0.4, -0.2) is 32.9 Å². The van der Waals surface area contributed by atoms with Gasteiger partial charge in [0.1, 0.15) is 0 Å². The fourth-order valence-electron chi connectivity index (χ4n) is 2.42. The molecule has 100 valence electrons. The minimum atomic E-state index is -0.177. The number of aliphatic hydroxyl groups excluding tert-OH is 1. The molecule has 0 radical (unpaired) electrons. The second-order valence-corrected chi connectivity index (χ2v) is 4.96. The molecule has 1 atom stereocenters. The lowest BCUT2D eigenvalue weighted by Crippen LogP contribution is -2.46. The van der Waals surface area contributed by atoms with Crippen LogP contribution in [0.5, 0.6) is 0 Å². The largest absolute Gasteiger partial charge is 0.393 e. The molecular formula is C13H21N3O2. The van der Waals surface area contributed by atoms with Crippen LogP contribution in [0.3, 0.4) is 0 Å². The summed E-state index contributed by atoms with van der Waals surface area (Å²) in [4.78, 5) is 12.0. The average molecular weight is 251 g/mol. The van der Waals surface area contributed by atoms with E-state index in [0.717, 1.165) is 25.8 Å². The van der Waals surface area contributed by atoms with Crippen molar-refractivity contribution < 1.29 is 9.90 Å². The first kappa shape index (κ1) is 13.1. The van der Waals surface area contributed by atoms with Crippen LogP contribution >= 0.6 is 0 Å². The molecule has 1 aliphatic carbocycles. The van der Waals surface area contributed by atoms with Crippen molar-refractivity contribution in [2.24, 2.45) is 5.92 Å². The molecule has 1 aromatic heterocycles. The maximum absolute atomic E-state index is 12.0. The SMILES string of the molecule is CC[C@@H](NC(=O)c1cnn(CC)c1)C1CC(O)C1. The molecule has 0 unspecified atom stereocenters. The molecule has 0 bridgehead atoms. The lowest BCUT2D eigenvalue weighted by Gasteiger charge is -2.37. The van der Waals surface area contributed by atoms with Gasteiger partial charge in [0.2, 0.25) is 0 Å². The second-order valence-electron chi connectivity index (χ2n) is 4.96. The maximum atomic E-state index is 12.0. The van der Waals surface area contributed by atoms with Gasteiger partial charge < -0.3 is 10.4 Å². The Hall–Kier alpha value is -1.36. The van der Waals surface area contributed by atoms with E-state index in [0.29, 0.717) is 11.5 Å². The van der Waals surface area contributed by atoms with Crippen LogP contribution in [0.15, 0.2) is 12.4 Å². The van der Waals surface area contributed by atoms with Gasteiger partial charge in [-0.25, -0.2) is 0 Å². The van der Waals surface area contributed by atoms with Crippen molar-refractivity contribution in [3.05, 3.63) is 18.0 Å². The first-order valence-electron chi connectivity index (χ1n) is 6.65. The number of rotatable bonds is 5. The average Bonchev–Trinajstić information content (AvgIpc) is 2.81. The van der Waals surface area contributed by atoms with E-state index >= 15 is 0 Å². The third-order valence-corrected chi connectivity index (χ3v) is 3.69. The Morgan fingerprint density at radius 1 is 1.61 bits per heavy atom. The molecule has 18 heavy (non-hydrogen) atoms. The molecule has 0 aromatic carbocycles. The van der Waals surface area contributed by atoms with Gasteiger partial charge in [-0.3, -0.25) is 9.48 Å². The van der Waals surface area contributed by atoms with E-state index in [4.69, 9.17) is 0 Å². The Kier molecular flexibility index (Phi) is 4.01. The molecule has 5 heteroatoms. The van der Waals surface area contributed by atoms with Crippen LogP contribution in [-0.2, 0) is 6.54 Å². The molecule has 1 saturated carbocycles. The van der Waals surface area contributed by atoms with Gasteiger partial charge in [0.25, 0.3) is 5.91 Å². The summed E-state index contributed by atoms with van der Waals surface area (Å²) >= 11 is 0. The van der Waals surface area contributed by atoms with Crippen molar-refractivity contribution in [3.63, 3.8) is 0 Å². The van der Waals surface area contributed by atoms with Crippen molar-refractivity contribution in [2.45, 2.75) is 51.8 Å². The van der Waals surface area contributed by atoms with Crippen molar-refractivity contribution >= 4 is 5.91 Å². The van der Waals surface area contributed by atoms with Crippen molar-refractivity contribution in [3.8, 4) is 0 Å². The lowest BCUT2D eigenvalue weighted by molar-refractivity contribution is 0.0232. The van der Waals surface area contributed by atoms with E-state index in [9.17, 15) is 9.90 Å². The van der Waals surface area contributed by atoms with E-state index in [-0.39, 0.29) is 18.1 Å². The van der Waals surface area contributed by atoms with Crippen LogP contribution in [0, 0.1) is 5.92 Å². The number of carbonyl (C=O) groups excluding carboxylic acids is 1. The standard InChI is InChI=1S/C13H21N3O2/c1-3-12(9-5-11(17)6-9)15-13(18)10-7-14-16(4-2)8-10/h7-9,11-12,17H,3-6H2,1-2H3,(H,15,18)/t9?,11?,12-/m1/s1. The van der Waals surface area contributed by atoms with Crippen LogP contribution in [0.25, 0.3) is 0 Å². The van der Waals surface area contributed by atoms with Crippen molar-refractivity contribution in [1.29, 1.82) is 0 Å². The molecule has 1 aromatic rings. The fourth-order valence-corrected chi connectivity index (χ4v) is 2.42. The first-order chi connectivity index (χ1) is 8.63. The van der Waals surface area contributed by atoms with Gasteiger partial charge in [-0.1, -0.05) is 6.92 Å². The highest BCUT2D eigenvalue weighted by Gasteiger charge is 2.33. The second kappa shape index (κ2) is 5.52. The van der Waals surface area contributed by atoms with E-state index in [2.05, 4.69) is 17.3 Å². The summed E-state index contributed by atoms with van der Waals surface area (Å²) in [5.74, 6) is 0.345. The third kappa shape index (κ3) is 2.72. The van der Waals surface area contributed by atoms with Crippen LogP contribution in [0.4, 0.5) is 0 Å². The molecule has 1 heterocycles. The van der Waals surface area contributed by atoms with Crippen molar-refractivity contribution in [1.82, 2.24) is 15.1 Å².